The molecule has 1 amide bonds. The smallest absolute Gasteiger partial charge is 0.230 e. The van der Waals surface area contributed by atoms with Crippen molar-refractivity contribution < 1.29 is 4.79 Å². The Kier molecular flexibility index (Phi) is 6.95. The van der Waals surface area contributed by atoms with Gasteiger partial charge in [0.15, 0.2) is 0 Å². The van der Waals surface area contributed by atoms with Crippen LogP contribution in [-0.4, -0.2) is 25.3 Å². The molecule has 0 aromatic heterocycles. The van der Waals surface area contributed by atoms with Crippen LogP contribution in [0, 0.1) is 5.92 Å². The van der Waals surface area contributed by atoms with Gasteiger partial charge in [0, 0.05) is 17.5 Å². The molecule has 0 aliphatic heterocycles. The lowest BCUT2D eigenvalue weighted by Crippen LogP contribution is -2.28. The number of rotatable bonds is 7. The highest BCUT2D eigenvalue weighted by molar-refractivity contribution is 8.00. The van der Waals surface area contributed by atoms with Crippen LogP contribution in [0.5, 0.6) is 0 Å². The zero-order valence-electron chi connectivity index (χ0n) is 12.2. The summed E-state index contributed by atoms with van der Waals surface area (Å²) in [6, 6.07) is 8.66. The largest absolute Gasteiger partial charge is 0.355 e. The fourth-order valence-corrected chi connectivity index (χ4v) is 2.35. The summed E-state index contributed by atoms with van der Waals surface area (Å²) < 4.78 is 0. The summed E-state index contributed by atoms with van der Waals surface area (Å²) in [6.07, 6.45) is 0. The molecule has 19 heavy (non-hydrogen) atoms. The van der Waals surface area contributed by atoms with Gasteiger partial charge in [-0.3, -0.25) is 4.79 Å². The van der Waals surface area contributed by atoms with Crippen LogP contribution in [0.3, 0.4) is 0 Å². The topological polar surface area (TPSA) is 41.1 Å². The average Bonchev–Trinajstić information content (AvgIpc) is 2.42. The summed E-state index contributed by atoms with van der Waals surface area (Å²) in [7, 11) is 1.95. The summed E-state index contributed by atoms with van der Waals surface area (Å²) >= 11 is 1.58. The molecule has 1 aromatic rings. The van der Waals surface area contributed by atoms with Gasteiger partial charge in [-0.1, -0.05) is 26.0 Å². The molecule has 0 saturated heterocycles. The molecule has 106 valence electrons. The quantitative estimate of drug-likeness (QED) is 0.755. The van der Waals surface area contributed by atoms with Crippen LogP contribution in [0.4, 0.5) is 0 Å². The summed E-state index contributed by atoms with van der Waals surface area (Å²) in [5, 5.41) is 6.15. The molecule has 0 fully saturated rings. The molecular formula is C15H24N2OS. The predicted octanol–water partition coefficient (Wildman–Crippen LogP) is 2.83. The second kappa shape index (κ2) is 8.23. The van der Waals surface area contributed by atoms with Gasteiger partial charge in [0.05, 0.1) is 5.75 Å². The van der Waals surface area contributed by atoms with Crippen LogP contribution in [-0.2, 0) is 4.79 Å². The highest BCUT2D eigenvalue weighted by atomic mass is 32.2. The minimum Gasteiger partial charge on any atom is -0.355 e. The summed E-state index contributed by atoms with van der Waals surface area (Å²) in [4.78, 5) is 12.8. The number of hydrogen-bond acceptors (Lipinski definition) is 3. The van der Waals surface area contributed by atoms with Crippen molar-refractivity contribution >= 4 is 17.7 Å². The Hall–Kier alpha value is -1.00. The van der Waals surface area contributed by atoms with Crippen molar-refractivity contribution in [2.24, 2.45) is 5.92 Å². The maximum Gasteiger partial charge on any atom is 0.230 e. The van der Waals surface area contributed by atoms with Gasteiger partial charge in [0.2, 0.25) is 5.91 Å². The lowest BCUT2D eigenvalue weighted by molar-refractivity contribution is -0.118. The highest BCUT2D eigenvalue weighted by Crippen LogP contribution is 2.22. The van der Waals surface area contributed by atoms with Gasteiger partial charge >= 0.3 is 0 Å². The zero-order valence-corrected chi connectivity index (χ0v) is 13.0. The van der Waals surface area contributed by atoms with Gasteiger partial charge in [-0.2, -0.15) is 0 Å². The zero-order chi connectivity index (χ0) is 14.3. The number of amides is 1. The third-order valence-corrected chi connectivity index (χ3v) is 3.86. The van der Waals surface area contributed by atoms with Crippen LogP contribution >= 0.6 is 11.8 Å². The van der Waals surface area contributed by atoms with Crippen molar-refractivity contribution in [3.63, 3.8) is 0 Å². The van der Waals surface area contributed by atoms with E-state index in [4.69, 9.17) is 0 Å². The number of thioether (sulfide) groups is 1. The maximum absolute atomic E-state index is 11.7. The van der Waals surface area contributed by atoms with Crippen molar-refractivity contribution in [1.29, 1.82) is 0 Å². The van der Waals surface area contributed by atoms with E-state index in [2.05, 4.69) is 43.5 Å². The van der Waals surface area contributed by atoms with Crippen LogP contribution in [0.2, 0.25) is 0 Å². The second-order valence-corrected chi connectivity index (χ2v) is 6.12. The first-order chi connectivity index (χ1) is 9.02. The number of carbonyl (C=O) groups excluding carboxylic acids is 1. The Labute approximate surface area is 120 Å². The fraction of sp³-hybridized carbons (Fsp3) is 0.533. The third-order valence-electron chi connectivity index (χ3n) is 2.87. The van der Waals surface area contributed by atoms with Gasteiger partial charge in [-0.15, -0.1) is 11.8 Å². The van der Waals surface area contributed by atoms with Crippen molar-refractivity contribution in [3.8, 4) is 0 Å². The van der Waals surface area contributed by atoms with Crippen molar-refractivity contribution in [3.05, 3.63) is 29.8 Å². The number of hydrogen-bond donors (Lipinski definition) is 2. The van der Waals surface area contributed by atoms with Crippen LogP contribution < -0.4 is 10.6 Å². The minimum atomic E-state index is 0.103. The molecule has 2 N–H and O–H groups in total. The summed E-state index contributed by atoms with van der Waals surface area (Å²) in [5.74, 6) is 1.07. The van der Waals surface area contributed by atoms with E-state index in [0.717, 1.165) is 11.4 Å². The minimum absolute atomic E-state index is 0.103. The second-order valence-electron chi connectivity index (χ2n) is 5.07. The van der Waals surface area contributed by atoms with E-state index in [9.17, 15) is 4.79 Å². The molecule has 1 aromatic carbocycles. The van der Waals surface area contributed by atoms with Crippen LogP contribution in [0.25, 0.3) is 0 Å². The monoisotopic (exact) mass is 280 g/mol. The van der Waals surface area contributed by atoms with Crippen molar-refractivity contribution in [2.45, 2.75) is 31.7 Å². The number of nitrogens with one attached hydrogen (secondary N) is 2. The average molecular weight is 280 g/mol. The Bertz CT molecular complexity index is 407. The normalized spacial score (nSPS) is 12.5. The van der Waals surface area contributed by atoms with E-state index in [1.807, 2.05) is 19.2 Å². The third kappa shape index (κ3) is 6.12. The Morgan fingerprint density at radius 3 is 2.68 bits per heavy atom. The summed E-state index contributed by atoms with van der Waals surface area (Å²) in [6.45, 7) is 7.06. The van der Waals surface area contributed by atoms with E-state index in [1.54, 1.807) is 11.8 Å². The predicted molar refractivity (Wildman–Crippen MR) is 82.5 cm³/mol. The Morgan fingerprint density at radius 1 is 1.32 bits per heavy atom. The van der Waals surface area contributed by atoms with E-state index in [-0.39, 0.29) is 5.91 Å². The molecule has 0 spiro atoms. The fourth-order valence-electron chi connectivity index (χ4n) is 1.56. The van der Waals surface area contributed by atoms with Crippen molar-refractivity contribution in [1.82, 2.24) is 10.6 Å². The lowest BCUT2D eigenvalue weighted by Gasteiger charge is -2.12. The molecule has 1 unspecified atom stereocenters. The SMILES string of the molecule is CNC(C)c1cccc(SCC(=O)NCC(C)C)c1. The van der Waals surface area contributed by atoms with E-state index in [0.29, 0.717) is 17.7 Å². The van der Waals surface area contributed by atoms with E-state index in [1.165, 1.54) is 5.56 Å². The van der Waals surface area contributed by atoms with Gasteiger partial charge < -0.3 is 10.6 Å². The highest BCUT2D eigenvalue weighted by Gasteiger charge is 2.06. The Balaban J connectivity index is 2.47. The maximum atomic E-state index is 11.7. The van der Waals surface area contributed by atoms with Gasteiger partial charge in [-0.05, 0) is 37.6 Å². The molecule has 0 saturated carbocycles. The molecule has 0 bridgehead atoms. The van der Waals surface area contributed by atoms with Gasteiger partial charge in [0.1, 0.15) is 0 Å². The summed E-state index contributed by atoms with van der Waals surface area (Å²) in [5.41, 5.74) is 1.25. The first kappa shape index (κ1) is 16.1. The van der Waals surface area contributed by atoms with Gasteiger partial charge in [-0.25, -0.2) is 0 Å². The first-order valence-electron chi connectivity index (χ1n) is 6.69. The standard InChI is InChI=1S/C15H24N2OS/c1-11(2)9-17-15(18)10-19-14-7-5-6-13(8-14)12(3)16-4/h5-8,11-12,16H,9-10H2,1-4H3,(H,17,18). The molecule has 0 heterocycles. The number of carbonyl (C=O) groups is 1. The van der Waals surface area contributed by atoms with Crippen LogP contribution in [0.1, 0.15) is 32.4 Å². The molecule has 1 rings (SSSR count). The van der Waals surface area contributed by atoms with E-state index >= 15 is 0 Å². The molecule has 4 heteroatoms. The van der Waals surface area contributed by atoms with Crippen LogP contribution in [0.15, 0.2) is 29.2 Å². The molecule has 0 aliphatic rings. The lowest BCUT2D eigenvalue weighted by atomic mass is 10.1. The van der Waals surface area contributed by atoms with E-state index < -0.39 is 0 Å². The molecule has 0 aliphatic carbocycles. The first-order valence-corrected chi connectivity index (χ1v) is 7.68. The molecule has 1 atom stereocenters. The van der Waals surface area contributed by atoms with Crippen molar-refractivity contribution in [2.75, 3.05) is 19.3 Å². The number of benzene rings is 1. The van der Waals surface area contributed by atoms with Gasteiger partial charge in [0.25, 0.3) is 0 Å². The molecule has 3 nitrogen and oxygen atoms in total. The Morgan fingerprint density at radius 2 is 2.05 bits per heavy atom. The molecule has 0 radical (unpaired) electrons. The molecular weight excluding hydrogens is 256 g/mol.